The molecule has 0 unspecified atom stereocenters. The minimum Gasteiger partial charge on any atom is -0.356 e. The van der Waals surface area contributed by atoms with E-state index in [1.807, 2.05) is 11.0 Å². The van der Waals surface area contributed by atoms with Crippen LogP contribution in [0.5, 0.6) is 0 Å². The van der Waals surface area contributed by atoms with Crippen molar-refractivity contribution in [3.63, 3.8) is 0 Å². The van der Waals surface area contributed by atoms with Crippen molar-refractivity contribution < 1.29 is 9.59 Å². The maximum atomic E-state index is 12.5. The summed E-state index contributed by atoms with van der Waals surface area (Å²) >= 11 is 0. The largest absolute Gasteiger partial charge is 0.356 e. The first-order valence-corrected chi connectivity index (χ1v) is 10.5. The molecule has 3 rings (SSSR count). The molecule has 0 aromatic heterocycles. The molecular weight excluding hydrogens is 362 g/mol. The third kappa shape index (κ3) is 6.43. The Balaban J connectivity index is 1.65. The summed E-state index contributed by atoms with van der Waals surface area (Å²) in [5, 5.41) is 6.16. The highest BCUT2D eigenvalue weighted by Crippen LogP contribution is 2.19. The number of aryl methyl sites for hydroxylation is 1. The van der Waals surface area contributed by atoms with Crippen LogP contribution in [0, 0.1) is 0 Å². The van der Waals surface area contributed by atoms with E-state index in [2.05, 4.69) is 53.1 Å². The number of amides is 2. The molecule has 1 fully saturated rings. The van der Waals surface area contributed by atoms with E-state index in [-0.39, 0.29) is 11.8 Å². The minimum atomic E-state index is 0.00183. The van der Waals surface area contributed by atoms with E-state index in [0.29, 0.717) is 13.0 Å². The first kappa shape index (κ1) is 21.1. The second-order valence-electron chi connectivity index (χ2n) is 7.58. The number of hydrogen-bond donors (Lipinski definition) is 2. The predicted molar refractivity (Wildman–Crippen MR) is 116 cm³/mol. The number of rotatable bonds is 8. The van der Waals surface area contributed by atoms with Gasteiger partial charge in [0.1, 0.15) is 0 Å². The van der Waals surface area contributed by atoms with Crippen molar-refractivity contribution in [3.8, 4) is 0 Å². The normalized spacial score (nSPS) is 13.9. The second-order valence-corrected chi connectivity index (χ2v) is 7.58. The Morgan fingerprint density at radius 3 is 2.03 bits per heavy atom. The van der Waals surface area contributed by atoms with Gasteiger partial charge in [0.05, 0.1) is 0 Å². The fourth-order valence-electron chi connectivity index (χ4n) is 3.84. The lowest BCUT2D eigenvalue weighted by molar-refractivity contribution is -0.131. The van der Waals surface area contributed by atoms with E-state index in [0.717, 1.165) is 45.4 Å². The van der Waals surface area contributed by atoms with Gasteiger partial charge in [-0.1, -0.05) is 48.5 Å². The van der Waals surface area contributed by atoms with Crippen molar-refractivity contribution in [2.75, 3.05) is 32.7 Å². The molecule has 1 aliphatic heterocycles. The van der Waals surface area contributed by atoms with Crippen molar-refractivity contribution in [3.05, 3.63) is 70.8 Å². The van der Waals surface area contributed by atoms with Crippen LogP contribution in [0.15, 0.2) is 48.5 Å². The Bertz CT molecular complexity index is 828. The number of benzene rings is 2. The summed E-state index contributed by atoms with van der Waals surface area (Å²) in [6, 6.07) is 16.8. The summed E-state index contributed by atoms with van der Waals surface area (Å²) in [7, 11) is 0. The summed E-state index contributed by atoms with van der Waals surface area (Å²) < 4.78 is 0. The van der Waals surface area contributed by atoms with E-state index < -0.39 is 0 Å². The summed E-state index contributed by atoms with van der Waals surface area (Å²) in [4.78, 5) is 25.7. The highest BCUT2D eigenvalue weighted by atomic mass is 16.2. The number of carbonyl (C=O) groups excluding carboxylic acids is 2. The summed E-state index contributed by atoms with van der Waals surface area (Å²) in [6.45, 7) is 5.58. The van der Waals surface area contributed by atoms with Crippen molar-refractivity contribution >= 4 is 11.8 Å². The van der Waals surface area contributed by atoms with Gasteiger partial charge in [-0.05, 0) is 41.5 Å². The lowest BCUT2D eigenvalue weighted by atomic mass is 9.93. The van der Waals surface area contributed by atoms with Gasteiger partial charge in [-0.2, -0.15) is 0 Å². The van der Waals surface area contributed by atoms with Crippen LogP contribution in [0.4, 0.5) is 0 Å². The Morgan fingerprint density at radius 1 is 0.897 bits per heavy atom. The molecule has 0 aliphatic carbocycles. The zero-order valence-electron chi connectivity index (χ0n) is 17.2. The monoisotopic (exact) mass is 393 g/mol. The molecule has 1 aliphatic rings. The SMILES string of the molecule is CC(=O)NCCc1ccccc1Cc1ccccc1CCC(=O)N1CCNCC1. The Labute approximate surface area is 173 Å². The average molecular weight is 394 g/mol. The molecule has 5 nitrogen and oxygen atoms in total. The van der Waals surface area contributed by atoms with Crippen LogP contribution in [0.2, 0.25) is 0 Å². The van der Waals surface area contributed by atoms with E-state index >= 15 is 0 Å². The van der Waals surface area contributed by atoms with Crippen LogP contribution in [0.25, 0.3) is 0 Å². The van der Waals surface area contributed by atoms with Crippen molar-refractivity contribution in [1.29, 1.82) is 0 Å². The second kappa shape index (κ2) is 10.8. The summed E-state index contributed by atoms with van der Waals surface area (Å²) in [5.41, 5.74) is 5.05. The van der Waals surface area contributed by atoms with Crippen LogP contribution in [-0.4, -0.2) is 49.4 Å². The molecule has 1 heterocycles. The molecule has 1 saturated heterocycles. The third-order valence-electron chi connectivity index (χ3n) is 5.46. The van der Waals surface area contributed by atoms with Gasteiger partial charge in [-0.15, -0.1) is 0 Å². The smallest absolute Gasteiger partial charge is 0.222 e. The van der Waals surface area contributed by atoms with Crippen LogP contribution in [0.1, 0.15) is 35.6 Å². The van der Waals surface area contributed by atoms with Crippen LogP contribution in [-0.2, 0) is 28.9 Å². The first-order valence-electron chi connectivity index (χ1n) is 10.5. The molecule has 0 bridgehead atoms. The molecule has 0 saturated carbocycles. The highest BCUT2D eigenvalue weighted by Gasteiger charge is 2.16. The standard InChI is InChI=1S/C24H31N3O2/c1-19(28)26-13-12-21-7-3-5-9-23(21)18-22-8-4-2-6-20(22)10-11-24(29)27-16-14-25-15-17-27/h2-9,25H,10-18H2,1H3,(H,26,28). The van der Waals surface area contributed by atoms with Gasteiger partial charge in [-0.25, -0.2) is 0 Å². The van der Waals surface area contributed by atoms with Crippen LogP contribution < -0.4 is 10.6 Å². The number of piperazine rings is 1. The van der Waals surface area contributed by atoms with Gasteiger partial charge in [0.15, 0.2) is 0 Å². The maximum Gasteiger partial charge on any atom is 0.222 e. The molecule has 2 aromatic carbocycles. The zero-order valence-corrected chi connectivity index (χ0v) is 17.2. The molecule has 154 valence electrons. The lowest BCUT2D eigenvalue weighted by Crippen LogP contribution is -2.46. The molecule has 2 N–H and O–H groups in total. The van der Waals surface area contributed by atoms with Gasteiger partial charge in [-0.3, -0.25) is 9.59 Å². The molecule has 0 atom stereocenters. The fourth-order valence-corrected chi connectivity index (χ4v) is 3.84. The zero-order chi connectivity index (χ0) is 20.5. The van der Waals surface area contributed by atoms with E-state index in [4.69, 9.17) is 0 Å². The molecule has 0 spiro atoms. The molecule has 2 amide bonds. The first-order chi connectivity index (χ1) is 14.1. The summed E-state index contributed by atoms with van der Waals surface area (Å²) in [5.74, 6) is 0.249. The Morgan fingerprint density at radius 2 is 1.45 bits per heavy atom. The molecule has 0 radical (unpaired) electrons. The molecular formula is C24H31N3O2. The summed E-state index contributed by atoms with van der Waals surface area (Å²) in [6.07, 6.45) is 2.99. The third-order valence-corrected chi connectivity index (χ3v) is 5.46. The predicted octanol–water partition coefficient (Wildman–Crippen LogP) is 2.32. The van der Waals surface area contributed by atoms with Crippen LogP contribution >= 0.6 is 0 Å². The van der Waals surface area contributed by atoms with Gasteiger partial charge in [0, 0.05) is 46.1 Å². The minimum absolute atomic E-state index is 0.00183. The van der Waals surface area contributed by atoms with Crippen molar-refractivity contribution in [1.82, 2.24) is 15.5 Å². The van der Waals surface area contributed by atoms with Crippen molar-refractivity contribution in [2.24, 2.45) is 0 Å². The molecule has 5 heteroatoms. The van der Waals surface area contributed by atoms with E-state index in [1.54, 1.807) is 6.92 Å². The van der Waals surface area contributed by atoms with Gasteiger partial charge >= 0.3 is 0 Å². The quantitative estimate of drug-likeness (QED) is 0.724. The topological polar surface area (TPSA) is 61.4 Å². The number of hydrogen-bond acceptors (Lipinski definition) is 3. The fraction of sp³-hybridized carbons (Fsp3) is 0.417. The Hall–Kier alpha value is -2.66. The molecule has 29 heavy (non-hydrogen) atoms. The lowest BCUT2D eigenvalue weighted by Gasteiger charge is -2.27. The van der Waals surface area contributed by atoms with Crippen molar-refractivity contribution in [2.45, 2.75) is 32.6 Å². The van der Waals surface area contributed by atoms with Crippen LogP contribution in [0.3, 0.4) is 0 Å². The Kier molecular flexibility index (Phi) is 7.82. The maximum absolute atomic E-state index is 12.5. The molecule has 2 aromatic rings. The van der Waals surface area contributed by atoms with E-state index in [1.165, 1.54) is 22.3 Å². The van der Waals surface area contributed by atoms with E-state index in [9.17, 15) is 9.59 Å². The number of nitrogens with one attached hydrogen (secondary N) is 2. The van der Waals surface area contributed by atoms with Gasteiger partial charge < -0.3 is 15.5 Å². The van der Waals surface area contributed by atoms with Gasteiger partial charge in [0.25, 0.3) is 0 Å². The highest BCUT2D eigenvalue weighted by molar-refractivity contribution is 5.76. The van der Waals surface area contributed by atoms with Gasteiger partial charge in [0.2, 0.25) is 11.8 Å². The average Bonchev–Trinajstić information content (AvgIpc) is 2.74. The number of nitrogens with zero attached hydrogens (tertiary/aromatic N) is 1. The number of carbonyl (C=O) groups is 2.